The van der Waals surface area contributed by atoms with Gasteiger partial charge in [0.2, 0.25) is 0 Å². The first-order chi connectivity index (χ1) is 9.47. The van der Waals surface area contributed by atoms with Gasteiger partial charge in [-0.1, -0.05) is 12.1 Å². The Morgan fingerprint density at radius 3 is 2.40 bits per heavy atom. The molecule has 1 N–H and O–H groups in total. The second-order valence-corrected chi connectivity index (χ2v) is 4.17. The fourth-order valence-electron chi connectivity index (χ4n) is 1.74. The number of benzene rings is 1. The predicted octanol–water partition coefficient (Wildman–Crippen LogP) is 0.282. The lowest BCUT2D eigenvalue weighted by molar-refractivity contribution is -0.137. The van der Waals surface area contributed by atoms with Crippen LogP contribution < -0.4 is 11.2 Å². The number of hydrogen-bond acceptors (Lipinski definition) is 3. The van der Waals surface area contributed by atoms with Crippen molar-refractivity contribution < 1.29 is 14.3 Å². The second-order valence-electron chi connectivity index (χ2n) is 4.17. The molecule has 0 bridgehead atoms. The van der Waals surface area contributed by atoms with E-state index >= 15 is 0 Å². The zero-order valence-electron chi connectivity index (χ0n) is 10.3. The van der Waals surface area contributed by atoms with E-state index in [4.69, 9.17) is 5.11 Å². The van der Waals surface area contributed by atoms with Crippen molar-refractivity contribution in [1.82, 2.24) is 9.13 Å². The summed E-state index contributed by atoms with van der Waals surface area (Å²) in [6.07, 6.45) is 1.28. The quantitative estimate of drug-likeness (QED) is 0.871. The summed E-state index contributed by atoms with van der Waals surface area (Å²) in [6.45, 7) is -0.569. The molecular weight excluding hydrogens is 267 g/mol. The van der Waals surface area contributed by atoms with Crippen molar-refractivity contribution in [3.8, 4) is 0 Å². The van der Waals surface area contributed by atoms with Crippen LogP contribution in [0.1, 0.15) is 5.56 Å². The van der Waals surface area contributed by atoms with Crippen LogP contribution in [0.4, 0.5) is 4.39 Å². The van der Waals surface area contributed by atoms with Crippen LogP contribution >= 0.6 is 0 Å². The molecule has 2 rings (SSSR count). The van der Waals surface area contributed by atoms with Crippen LogP contribution in [-0.2, 0) is 17.9 Å². The van der Waals surface area contributed by atoms with Crippen LogP contribution in [0.15, 0.2) is 46.1 Å². The molecule has 104 valence electrons. The van der Waals surface area contributed by atoms with E-state index < -0.39 is 29.6 Å². The third-order valence-corrected chi connectivity index (χ3v) is 2.70. The van der Waals surface area contributed by atoms with Gasteiger partial charge in [0.15, 0.2) is 0 Å². The second kappa shape index (κ2) is 5.52. The Kier molecular flexibility index (Phi) is 3.79. The number of carbonyl (C=O) groups is 1. The van der Waals surface area contributed by atoms with Crippen molar-refractivity contribution in [2.75, 3.05) is 0 Å². The highest BCUT2D eigenvalue weighted by molar-refractivity contribution is 5.66. The number of aromatic nitrogens is 2. The molecule has 0 aliphatic rings. The molecule has 6 nitrogen and oxygen atoms in total. The summed E-state index contributed by atoms with van der Waals surface area (Å²) in [4.78, 5) is 34.1. The minimum absolute atomic E-state index is 0.124. The molecule has 0 atom stereocenters. The number of nitrogens with zero attached hydrogens (tertiary/aromatic N) is 2. The molecule has 0 aliphatic carbocycles. The molecular formula is C13H11FN2O4. The molecule has 20 heavy (non-hydrogen) atoms. The van der Waals surface area contributed by atoms with E-state index in [9.17, 15) is 18.8 Å². The zero-order valence-corrected chi connectivity index (χ0v) is 10.3. The number of carboxylic acid groups (broad SMARTS) is 1. The first-order valence-corrected chi connectivity index (χ1v) is 5.74. The van der Waals surface area contributed by atoms with Crippen molar-refractivity contribution in [2.24, 2.45) is 0 Å². The fourth-order valence-corrected chi connectivity index (χ4v) is 1.74. The molecule has 0 unspecified atom stereocenters. The van der Waals surface area contributed by atoms with Gasteiger partial charge in [-0.05, 0) is 17.7 Å². The highest BCUT2D eigenvalue weighted by Gasteiger charge is 2.09. The molecule has 0 fully saturated rings. The van der Waals surface area contributed by atoms with Crippen molar-refractivity contribution >= 4 is 5.97 Å². The van der Waals surface area contributed by atoms with E-state index in [0.29, 0.717) is 10.1 Å². The smallest absolute Gasteiger partial charge is 0.331 e. The molecule has 1 aromatic heterocycles. The van der Waals surface area contributed by atoms with Crippen molar-refractivity contribution in [3.63, 3.8) is 0 Å². The lowest BCUT2D eigenvalue weighted by Gasteiger charge is -2.08. The molecule has 2 aromatic rings. The zero-order chi connectivity index (χ0) is 14.7. The molecule has 1 aromatic carbocycles. The Balaban J connectivity index is 2.38. The Hall–Kier alpha value is -2.70. The fraction of sp³-hybridized carbons (Fsp3) is 0.154. The average molecular weight is 278 g/mol. The lowest BCUT2D eigenvalue weighted by Crippen LogP contribution is -2.40. The SMILES string of the molecule is O=C(O)Cn1c(=O)ccn(Cc2ccc(F)cc2)c1=O. The Labute approximate surface area is 112 Å². The highest BCUT2D eigenvalue weighted by Crippen LogP contribution is 2.03. The van der Waals surface area contributed by atoms with E-state index in [1.165, 1.54) is 35.0 Å². The number of halogens is 1. The van der Waals surface area contributed by atoms with Gasteiger partial charge in [0.1, 0.15) is 12.4 Å². The predicted molar refractivity (Wildman–Crippen MR) is 68.1 cm³/mol. The van der Waals surface area contributed by atoms with Gasteiger partial charge in [-0.3, -0.25) is 14.2 Å². The van der Waals surface area contributed by atoms with E-state index in [-0.39, 0.29) is 6.54 Å². The summed E-state index contributed by atoms with van der Waals surface area (Å²) < 4.78 is 14.6. The molecule has 1 heterocycles. The maximum absolute atomic E-state index is 12.8. The number of rotatable bonds is 4. The Bertz CT molecular complexity index is 746. The van der Waals surface area contributed by atoms with E-state index in [1.54, 1.807) is 0 Å². The maximum atomic E-state index is 12.8. The molecule has 0 saturated carbocycles. The summed E-state index contributed by atoms with van der Waals surface area (Å²) in [6, 6.07) is 6.65. The van der Waals surface area contributed by atoms with Gasteiger partial charge in [0.05, 0.1) is 6.54 Å². The van der Waals surface area contributed by atoms with Crippen molar-refractivity contribution in [3.05, 3.63) is 68.7 Å². The lowest BCUT2D eigenvalue weighted by atomic mass is 10.2. The van der Waals surface area contributed by atoms with Crippen molar-refractivity contribution in [1.29, 1.82) is 0 Å². The van der Waals surface area contributed by atoms with E-state index in [0.717, 1.165) is 6.07 Å². The third kappa shape index (κ3) is 3.00. The molecule has 0 amide bonds. The molecule has 0 spiro atoms. The van der Waals surface area contributed by atoms with Gasteiger partial charge in [0, 0.05) is 12.3 Å². The summed E-state index contributed by atoms with van der Waals surface area (Å²) in [5.41, 5.74) is -0.731. The van der Waals surface area contributed by atoms with E-state index in [2.05, 4.69) is 0 Å². The van der Waals surface area contributed by atoms with Crippen LogP contribution in [0.3, 0.4) is 0 Å². The summed E-state index contributed by atoms with van der Waals surface area (Å²) in [5.74, 6) is -1.67. The minimum atomic E-state index is -1.27. The van der Waals surface area contributed by atoms with Crippen LogP contribution in [0.5, 0.6) is 0 Å². The average Bonchev–Trinajstić information content (AvgIpc) is 2.40. The van der Waals surface area contributed by atoms with Gasteiger partial charge in [-0.25, -0.2) is 13.8 Å². The standard InChI is InChI=1S/C13H11FN2O4/c14-10-3-1-9(2-4-10)7-15-6-5-11(17)16(13(15)20)8-12(18)19/h1-6H,7-8H2,(H,18,19). The van der Waals surface area contributed by atoms with Crippen molar-refractivity contribution in [2.45, 2.75) is 13.1 Å². The molecule has 0 saturated heterocycles. The van der Waals surface area contributed by atoms with E-state index in [1.807, 2.05) is 0 Å². The number of carboxylic acids is 1. The van der Waals surface area contributed by atoms with Gasteiger partial charge in [0.25, 0.3) is 5.56 Å². The normalized spacial score (nSPS) is 10.4. The van der Waals surface area contributed by atoms with Crippen LogP contribution in [0, 0.1) is 5.82 Å². The van der Waals surface area contributed by atoms with Crippen LogP contribution in [-0.4, -0.2) is 20.2 Å². The molecule has 0 radical (unpaired) electrons. The summed E-state index contributed by atoms with van der Waals surface area (Å²) in [5, 5.41) is 8.68. The Morgan fingerprint density at radius 1 is 1.15 bits per heavy atom. The maximum Gasteiger partial charge on any atom is 0.331 e. The van der Waals surface area contributed by atoms with Gasteiger partial charge >= 0.3 is 11.7 Å². The first-order valence-electron chi connectivity index (χ1n) is 5.74. The first kappa shape index (κ1) is 13.7. The summed E-state index contributed by atoms with van der Waals surface area (Å²) >= 11 is 0. The van der Waals surface area contributed by atoms with Gasteiger partial charge in [-0.15, -0.1) is 0 Å². The number of aliphatic carboxylic acids is 1. The topological polar surface area (TPSA) is 81.3 Å². The monoisotopic (exact) mass is 278 g/mol. The van der Waals surface area contributed by atoms with Gasteiger partial charge < -0.3 is 5.11 Å². The summed E-state index contributed by atoms with van der Waals surface area (Å²) in [7, 11) is 0. The molecule has 7 heteroatoms. The minimum Gasteiger partial charge on any atom is -0.480 e. The Morgan fingerprint density at radius 2 is 1.80 bits per heavy atom. The number of hydrogen-bond donors (Lipinski definition) is 1. The third-order valence-electron chi connectivity index (χ3n) is 2.70. The highest BCUT2D eigenvalue weighted by atomic mass is 19.1. The molecule has 0 aliphatic heterocycles. The van der Waals surface area contributed by atoms with Gasteiger partial charge in [-0.2, -0.15) is 0 Å². The van der Waals surface area contributed by atoms with Crippen LogP contribution in [0.25, 0.3) is 0 Å². The largest absolute Gasteiger partial charge is 0.480 e. The van der Waals surface area contributed by atoms with Crippen LogP contribution in [0.2, 0.25) is 0 Å².